The van der Waals surface area contributed by atoms with Crippen LogP contribution in [-0.2, 0) is 11.8 Å². The number of nitrogens with zero attached hydrogens (tertiary/aromatic N) is 2. The van der Waals surface area contributed by atoms with E-state index in [2.05, 4.69) is 10.3 Å². The summed E-state index contributed by atoms with van der Waals surface area (Å²) in [7, 11) is 1.69. The van der Waals surface area contributed by atoms with Gasteiger partial charge in [-0.3, -0.25) is 14.2 Å². The molecule has 130 valence electrons. The van der Waals surface area contributed by atoms with Gasteiger partial charge in [0.2, 0.25) is 5.91 Å². The maximum absolute atomic E-state index is 12.5. The van der Waals surface area contributed by atoms with Gasteiger partial charge in [0.1, 0.15) is 4.70 Å². The van der Waals surface area contributed by atoms with Gasteiger partial charge in [-0.2, -0.15) is 0 Å². The predicted octanol–water partition coefficient (Wildman–Crippen LogP) is 3.35. The topological polar surface area (TPSA) is 64.0 Å². The number of carbonyl (C=O) groups is 1. The number of thiophene rings is 1. The first-order chi connectivity index (χ1) is 12.0. The SMILES string of the molecule is CC(Sc1nc2ccsc2c(=O)n1C)C(=O)NC(C)c1ccccc1. The summed E-state index contributed by atoms with van der Waals surface area (Å²) in [5.41, 5.74) is 1.66. The van der Waals surface area contributed by atoms with Crippen molar-refractivity contribution in [1.29, 1.82) is 0 Å². The van der Waals surface area contributed by atoms with Crippen LogP contribution in [0.5, 0.6) is 0 Å². The summed E-state index contributed by atoms with van der Waals surface area (Å²) in [5, 5.41) is 5.05. The Morgan fingerprint density at radius 2 is 1.96 bits per heavy atom. The van der Waals surface area contributed by atoms with E-state index < -0.39 is 0 Å². The molecule has 0 fully saturated rings. The van der Waals surface area contributed by atoms with Crippen molar-refractivity contribution in [3.05, 3.63) is 57.7 Å². The van der Waals surface area contributed by atoms with E-state index in [0.29, 0.717) is 15.4 Å². The van der Waals surface area contributed by atoms with Crippen LogP contribution < -0.4 is 10.9 Å². The average molecular weight is 374 g/mol. The quantitative estimate of drug-likeness (QED) is 0.550. The van der Waals surface area contributed by atoms with E-state index in [9.17, 15) is 9.59 Å². The second kappa shape index (κ2) is 7.41. The Hall–Kier alpha value is -2.12. The molecular weight excluding hydrogens is 354 g/mol. The molecule has 25 heavy (non-hydrogen) atoms. The average Bonchev–Trinajstić information content (AvgIpc) is 3.08. The number of benzene rings is 1. The van der Waals surface area contributed by atoms with Crippen LogP contribution in [-0.4, -0.2) is 20.7 Å². The molecule has 0 saturated heterocycles. The lowest BCUT2D eigenvalue weighted by atomic mass is 10.1. The Labute approximate surface area is 154 Å². The lowest BCUT2D eigenvalue weighted by Gasteiger charge is -2.18. The molecule has 2 heterocycles. The van der Waals surface area contributed by atoms with Crippen molar-refractivity contribution in [1.82, 2.24) is 14.9 Å². The van der Waals surface area contributed by atoms with Gasteiger partial charge in [0.15, 0.2) is 5.16 Å². The van der Waals surface area contributed by atoms with Crippen molar-refractivity contribution in [2.24, 2.45) is 7.05 Å². The number of carbonyl (C=O) groups excluding carboxylic acids is 1. The predicted molar refractivity (Wildman–Crippen MR) is 103 cm³/mol. The van der Waals surface area contributed by atoms with E-state index in [1.54, 1.807) is 7.05 Å². The fraction of sp³-hybridized carbons (Fsp3) is 0.278. The molecule has 3 aromatic rings. The van der Waals surface area contributed by atoms with E-state index >= 15 is 0 Å². The Morgan fingerprint density at radius 1 is 1.24 bits per heavy atom. The molecule has 0 bridgehead atoms. The van der Waals surface area contributed by atoms with E-state index in [1.807, 2.05) is 55.6 Å². The van der Waals surface area contributed by atoms with E-state index in [0.717, 1.165) is 5.56 Å². The molecule has 2 atom stereocenters. The molecule has 1 aromatic carbocycles. The highest BCUT2D eigenvalue weighted by Crippen LogP contribution is 2.24. The zero-order valence-corrected chi connectivity index (χ0v) is 15.9. The van der Waals surface area contributed by atoms with Crippen molar-refractivity contribution in [3.63, 3.8) is 0 Å². The molecule has 7 heteroatoms. The summed E-state index contributed by atoms with van der Waals surface area (Å²) in [5.74, 6) is -0.0824. The first-order valence-corrected chi connectivity index (χ1v) is 9.69. The summed E-state index contributed by atoms with van der Waals surface area (Å²) in [6, 6.07) is 11.6. The molecule has 5 nitrogen and oxygen atoms in total. The van der Waals surface area contributed by atoms with Gasteiger partial charge in [0.25, 0.3) is 5.56 Å². The standard InChI is InChI=1S/C18H19N3O2S2/c1-11(13-7-5-4-6-8-13)19-16(22)12(2)25-18-20-14-9-10-24-15(14)17(23)21(18)3/h4-12H,1-3H3,(H,19,22). The number of aromatic nitrogens is 2. The third-order valence-electron chi connectivity index (χ3n) is 3.96. The molecule has 2 unspecified atom stereocenters. The van der Waals surface area contributed by atoms with Crippen molar-refractivity contribution < 1.29 is 4.79 Å². The number of fused-ring (bicyclic) bond motifs is 1. The van der Waals surface area contributed by atoms with Crippen molar-refractivity contribution in [3.8, 4) is 0 Å². The second-order valence-corrected chi connectivity index (χ2v) is 8.02. The van der Waals surface area contributed by atoms with Gasteiger partial charge < -0.3 is 5.32 Å². The molecule has 2 aromatic heterocycles. The highest BCUT2D eigenvalue weighted by molar-refractivity contribution is 8.00. The van der Waals surface area contributed by atoms with Crippen LogP contribution in [0.3, 0.4) is 0 Å². The molecule has 3 rings (SSSR count). The molecular formula is C18H19N3O2S2. The minimum atomic E-state index is -0.361. The van der Waals surface area contributed by atoms with Gasteiger partial charge in [-0.15, -0.1) is 11.3 Å². The van der Waals surface area contributed by atoms with Crippen LogP contribution in [0.4, 0.5) is 0 Å². The molecule has 0 spiro atoms. The van der Waals surface area contributed by atoms with Gasteiger partial charge in [0, 0.05) is 7.05 Å². The lowest BCUT2D eigenvalue weighted by molar-refractivity contribution is -0.120. The largest absolute Gasteiger partial charge is 0.349 e. The van der Waals surface area contributed by atoms with Gasteiger partial charge in [-0.25, -0.2) is 4.98 Å². The summed E-state index contributed by atoms with van der Waals surface area (Å²) < 4.78 is 2.15. The molecule has 0 aliphatic heterocycles. The van der Waals surface area contributed by atoms with Gasteiger partial charge in [-0.1, -0.05) is 42.1 Å². The van der Waals surface area contributed by atoms with E-state index in [4.69, 9.17) is 0 Å². The van der Waals surface area contributed by atoms with E-state index in [1.165, 1.54) is 27.7 Å². The van der Waals surface area contributed by atoms with Gasteiger partial charge in [-0.05, 0) is 30.9 Å². The molecule has 1 amide bonds. The second-order valence-electron chi connectivity index (χ2n) is 5.79. The van der Waals surface area contributed by atoms with Crippen LogP contribution in [0.1, 0.15) is 25.5 Å². The van der Waals surface area contributed by atoms with Crippen molar-refractivity contribution in [2.75, 3.05) is 0 Å². The number of amides is 1. The zero-order valence-electron chi connectivity index (χ0n) is 14.2. The normalized spacial score (nSPS) is 13.6. The van der Waals surface area contributed by atoms with Gasteiger partial charge in [0.05, 0.1) is 16.8 Å². The molecule has 1 N–H and O–H groups in total. The molecule has 0 aliphatic carbocycles. The van der Waals surface area contributed by atoms with Crippen molar-refractivity contribution >= 4 is 39.2 Å². The smallest absolute Gasteiger partial charge is 0.271 e. The number of hydrogen-bond acceptors (Lipinski definition) is 5. The fourth-order valence-corrected chi connectivity index (χ4v) is 4.13. The molecule has 0 aliphatic rings. The Bertz CT molecular complexity index is 950. The molecule has 0 saturated carbocycles. The van der Waals surface area contributed by atoms with Gasteiger partial charge >= 0.3 is 0 Å². The maximum atomic E-state index is 12.5. The highest BCUT2D eigenvalue weighted by atomic mass is 32.2. The Kier molecular flexibility index (Phi) is 5.24. The minimum Gasteiger partial charge on any atom is -0.349 e. The number of rotatable bonds is 5. The summed E-state index contributed by atoms with van der Waals surface area (Å²) in [6.45, 7) is 3.78. The van der Waals surface area contributed by atoms with Crippen molar-refractivity contribution in [2.45, 2.75) is 30.3 Å². The zero-order chi connectivity index (χ0) is 18.0. The number of hydrogen-bond donors (Lipinski definition) is 1. The minimum absolute atomic E-state index is 0.0760. The Balaban J connectivity index is 1.73. The monoisotopic (exact) mass is 373 g/mol. The summed E-state index contributed by atoms with van der Waals surface area (Å²) in [4.78, 5) is 29.4. The first kappa shape index (κ1) is 17.7. The maximum Gasteiger partial charge on any atom is 0.271 e. The molecule has 0 radical (unpaired) electrons. The summed E-state index contributed by atoms with van der Waals surface area (Å²) in [6.07, 6.45) is 0. The van der Waals surface area contributed by atoms with Crippen LogP contribution in [0.25, 0.3) is 10.2 Å². The third kappa shape index (κ3) is 3.77. The fourth-order valence-electron chi connectivity index (χ4n) is 2.44. The first-order valence-electron chi connectivity index (χ1n) is 7.93. The Morgan fingerprint density at radius 3 is 2.68 bits per heavy atom. The lowest BCUT2D eigenvalue weighted by Crippen LogP contribution is -2.33. The van der Waals surface area contributed by atoms with Crippen LogP contribution >= 0.6 is 23.1 Å². The third-order valence-corrected chi connectivity index (χ3v) is 5.99. The summed E-state index contributed by atoms with van der Waals surface area (Å²) >= 11 is 2.68. The number of nitrogens with one attached hydrogen (secondary N) is 1. The van der Waals surface area contributed by atoms with Crippen LogP contribution in [0.2, 0.25) is 0 Å². The number of thioether (sulfide) groups is 1. The van der Waals surface area contributed by atoms with Crippen LogP contribution in [0.15, 0.2) is 51.7 Å². The van der Waals surface area contributed by atoms with Crippen LogP contribution in [0, 0.1) is 0 Å². The highest BCUT2D eigenvalue weighted by Gasteiger charge is 2.20. The van der Waals surface area contributed by atoms with E-state index in [-0.39, 0.29) is 22.8 Å².